The summed E-state index contributed by atoms with van der Waals surface area (Å²) in [7, 11) is 0. The second-order valence-electron chi connectivity index (χ2n) is 6.15. The normalized spacial score (nSPS) is 10.4. The van der Waals surface area contributed by atoms with Gasteiger partial charge in [-0.25, -0.2) is 4.79 Å². The van der Waals surface area contributed by atoms with Crippen LogP contribution in [0.1, 0.15) is 32.7 Å². The van der Waals surface area contributed by atoms with Crippen LogP contribution in [0.3, 0.4) is 0 Å². The Hall–Kier alpha value is -3.16. The number of hydrogen-bond donors (Lipinski definition) is 3. The summed E-state index contributed by atoms with van der Waals surface area (Å²) in [6.07, 6.45) is 0.758. The van der Waals surface area contributed by atoms with E-state index in [2.05, 4.69) is 10.6 Å². The molecule has 0 aliphatic carbocycles. The Labute approximate surface area is 176 Å². The fourth-order valence-electron chi connectivity index (χ4n) is 2.64. The van der Waals surface area contributed by atoms with Gasteiger partial charge in [0.15, 0.2) is 0 Å². The third kappa shape index (κ3) is 5.43. The highest BCUT2D eigenvalue weighted by Crippen LogP contribution is 2.33. The molecule has 0 fully saturated rings. The van der Waals surface area contributed by atoms with E-state index in [1.165, 1.54) is 17.5 Å². The van der Waals surface area contributed by atoms with Crippen molar-refractivity contribution in [2.24, 2.45) is 0 Å². The quantitative estimate of drug-likeness (QED) is 0.497. The first kappa shape index (κ1) is 20.6. The molecule has 0 spiro atoms. The van der Waals surface area contributed by atoms with Gasteiger partial charge in [0.1, 0.15) is 10.6 Å². The Kier molecular flexibility index (Phi) is 6.64. The third-order valence-electron chi connectivity index (χ3n) is 4.10. The van der Waals surface area contributed by atoms with E-state index >= 15 is 0 Å². The number of aromatic carboxylic acids is 1. The molecule has 1 heterocycles. The molecule has 0 saturated heterocycles. The van der Waals surface area contributed by atoms with Crippen molar-refractivity contribution in [2.75, 3.05) is 10.6 Å². The average molecular weight is 429 g/mol. The number of hydrogen-bond acceptors (Lipinski definition) is 4. The lowest BCUT2D eigenvalue weighted by molar-refractivity contribution is -0.116. The topological polar surface area (TPSA) is 95.5 Å². The number of thiophene rings is 1. The van der Waals surface area contributed by atoms with E-state index in [0.29, 0.717) is 17.0 Å². The van der Waals surface area contributed by atoms with E-state index in [0.717, 1.165) is 16.9 Å². The molecule has 29 heavy (non-hydrogen) atoms. The summed E-state index contributed by atoms with van der Waals surface area (Å²) in [5.41, 5.74) is 1.33. The summed E-state index contributed by atoms with van der Waals surface area (Å²) in [6.45, 7) is 0. The number of carboxylic acids is 1. The van der Waals surface area contributed by atoms with Gasteiger partial charge in [0, 0.05) is 22.4 Å². The molecular weight excluding hydrogens is 412 g/mol. The standard InChI is InChI=1S/C21H17ClN2O4S/c22-15-9-7-14(8-10-15)19(26)23-16-12-29-20(18(16)21(27)28)24-17(25)11-6-13-4-2-1-3-5-13/h1-5,7-10,12H,6,11H2,(H,23,26)(H,24,25)(H,27,28). The fourth-order valence-corrected chi connectivity index (χ4v) is 3.67. The lowest BCUT2D eigenvalue weighted by atomic mass is 10.1. The van der Waals surface area contributed by atoms with Crippen LogP contribution in [0.25, 0.3) is 0 Å². The largest absolute Gasteiger partial charge is 0.478 e. The molecule has 2 amide bonds. The highest BCUT2D eigenvalue weighted by atomic mass is 35.5. The van der Waals surface area contributed by atoms with Crippen molar-refractivity contribution < 1.29 is 19.5 Å². The Morgan fingerprint density at radius 3 is 2.31 bits per heavy atom. The maximum absolute atomic E-state index is 12.4. The molecule has 3 N–H and O–H groups in total. The zero-order valence-electron chi connectivity index (χ0n) is 15.1. The molecule has 0 bridgehead atoms. The monoisotopic (exact) mass is 428 g/mol. The van der Waals surface area contributed by atoms with Crippen molar-refractivity contribution >= 4 is 51.4 Å². The molecule has 3 rings (SSSR count). The lowest BCUT2D eigenvalue weighted by Gasteiger charge is -2.07. The van der Waals surface area contributed by atoms with Crippen LogP contribution in [0.5, 0.6) is 0 Å². The van der Waals surface area contributed by atoms with E-state index < -0.39 is 11.9 Å². The molecule has 6 nitrogen and oxygen atoms in total. The molecule has 0 aliphatic heterocycles. The van der Waals surface area contributed by atoms with Crippen molar-refractivity contribution in [1.29, 1.82) is 0 Å². The zero-order valence-corrected chi connectivity index (χ0v) is 16.7. The van der Waals surface area contributed by atoms with Crippen molar-refractivity contribution in [3.63, 3.8) is 0 Å². The minimum atomic E-state index is -1.24. The minimum Gasteiger partial charge on any atom is -0.478 e. The number of aryl methyl sites for hydroxylation is 1. The van der Waals surface area contributed by atoms with Gasteiger partial charge in [-0.15, -0.1) is 11.3 Å². The van der Waals surface area contributed by atoms with E-state index in [4.69, 9.17) is 11.6 Å². The molecule has 3 aromatic rings. The van der Waals surface area contributed by atoms with Crippen LogP contribution in [-0.2, 0) is 11.2 Å². The number of carbonyl (C=O) groups is 3. The van der Waals surface area contributed by atoms with Crippen LogP contribution in [0.15, 0.2) is 60.0 Å². The number of anilines is 2. The van der Waals surface area contributed by atoms with Gasteiger partial charge in [-0.3, -0.25) is 9.59 Å². The molecular formula is C21H17ClN2O4S. The molecule has 8 heteroatoms. The second kappa shape index (κ2) is 9.36. The summed E-state index contributed by atoms with van der Waals surface area (Å²) in [4.78, 5) is 36.3. The Morgan fingerprint density at radius 1 is 0.966 bits per heavy atom. The van der Waals surface area contributed by atoms with E-state index in [1.54, 1.807) is 12.1 Å². The van der Waals surface area contributed by atoms with Crippen molar-refractivity contribution in [3.05, 3.63) is 81.7 Å². The number of carboxylic acid groups (broad SMARTS) is 1. The van der Waals surface area contributed by atoms with E-state index in [1.807, 2.05) is 30.3 Å². The molecule has 0 unspecified atom stereocenters. The Balaban J connectivity index is 1.69. The van der Waals surface area contributed by atoms with Crippen LogP contribution < -0.4 is 10.6 Å². The first-order chi connectivity index (χ1) is 13.9. The van der Waals surface area contributed by atoms with Crippen LogP contribution in [-0.4, -0.2) is 22.9 Å². The number of amides is 2. The van der Waals surface area contributed by atoms with Crippen molar-refractivity contribution in [2.45, 2.75) is 12.8 Å². The summed E-state index contributed by atoms with van der Waals surface area (Å²) in [6, 6.07) is 15.7. The summed E-state index contributed by atoms with van der Waals surface area (Å²) >= 11 is 6.86. The molecule has 0 atom stereocenters. The highest BCUT2D eigenvalue weighted by molar-refractivity contribution is 7.15. The van der Waals surface area contributed by atoms with Gasteiger partial charge in [0.25, 0.3) is 5.91 Å². The van der Waals surface area contributed by atoms with E-state index in [-0.39, 0.29) is 28.6 Å². The molecule has 0 radical (unpaired) electrons. The summed E-state index contributed by atoms with van der Waals surface area (Å²) in [5, 5.41) is 16.9. The maximum Gasteiger partial charge on any atom is 0.340 e. The second-order valence-corrected chi connectivity index (χ2v) is 7.47. The van der Waals surface area contributed by atoms with Crippen LogP contribution in [0.4, 0.5) is 10.7 Å². The number of rotatable bonds is 7. The van der Waals surface area contributed by atoms with E-state index in [9.17, 15) is 19.5 Å². The predicted molar refractivity (Wildman–Crippen MR) is 114 cm³/mol. The molecule has 0 aliphatic rings. The van der Waals surface area contributed by atoms with Crippen molar-refractivity contribution in [3.8, 4) is 0 Å². The SMILES string of the molecule is O=C(CCc1ccccc1)Nc1scc(NC(=O)c2ccc(Cl)cc2)c1C(=O)O. The van der Waals surface area contributed by atoms with Gasteiger partial charge in [-0.05, 0) is 36.2 Å². The molecule has 1 aromatic heterocycles. The fraction of sp³-hybridized carbons (Fsp3) is 0.0952. The maximum atomic E-state index is 12.4. The van der Waals surface area contributed by atoms with Crippen molar-refractivity contribution in [1.82, 2.24) is 0 Å². The predicted octanol–water partition coefficient (Wildman–Crippen LogP) is 4.92. The van der Waals surface area contributed by atoms with Gasteiger partial charge in [0.2, 0.25) is 5.91 Å². The van der Waals surface area contributed by atoms with Gasteiger partial charge >= 0.3 is 5.97 Å². The average Bonchev–Trinajstić information content (AvgIpc) is 3.09. The van der Waals surface area contributed by atoms with Gasteiger partial charge < -0.3 is 15.7 Å². The summed E-state index contributed by atoms with van der Waals surface area (Å²) < 4.78 is 0. The summed E-state index contributed by atoms with van der Waals surface area (Å²) in [5.74, 6) is -2.01. The Bertz CT molecular complexity index is 1030. The first-order valence-electron chi connectivity index (χ1n) is 8.69. The van der Waals surface area contributed by atoms with Crippen LogP contribution in [0, 0.1) is 0 Å². The molecule has 2 aromatic carbocycles. The molecule has 148 valence electrons. The third-order valence-corrected chi connectivity index (χ3v) is 5.24. The minimum absolute atomic E-state index is 0.126. The van der Waals surface area contributed by atoms with Crippen LogP contribution >= 0.6 is 22.9 Å². The Morgan fingerprint density at radius 2 is 1.66 bits per heavy atom. The van der Waals surface area contributed by atoms with Crippen LogP contribution in [0.2, 0.25) is 5.02 Å². The first-order valence-corrected chi connectivity index (χ1v) is 9.95. The van der Waals surface area contributed by atoms with Gasteiger partial charge in [-0.1, -0.05) is 41.9 Å². The highest BCUT2D eigenvalue weighted by Gasteiger charge is 2.22. The molecule has 0 saturated carbocycles. The van der Waals surface area contributed by atoms with Gasteiger partial charge in [-0.2, -0.15) is 0 Å². The number of benzene rings is 2. The smallest absolute Gasteiger partial charge is 0.340 e. The zero-order chi connectivity index (χ0) is 20.8. The van der Waals surface area contributed by atoms with Gasteiger partial charge in [0.05, 0.1) is 5.69 Å². The number of halogens is 1. The number of nitrogens with one attached hydrogen (secondary N) is 2. The lowest BCUT2D eigenvalue weighted by Crippen LogP contribution is -2.16. The number of carbonyl (C=O) groups excluding carboxylic acids is 2.